The third kappa shape index (κ3) is 5.16. The average molecular weight is 382 g/mol. The molecule has 146 valence electrons. The summed E-state index contributed by atoms with van der Waals surface area (Å²) >= 11 is 0. The van der Waals surface area contributed by atoms with Gasteiger partial charge in [-0.15, -0.1) is 0 Å². The minimum absolute atomic E-state index is 0.0397. The topological polar surface area (TPSA) is 76.0 Å². The molecule has 0 atom stereocenters. The molecule has 3 rings (SSSR count). The second kappa shape index (κ2) is 9.12. The summed E-state index contributed by atoms with van der Waals surface area (Å²) in [5, 5.41) is 5.34. The van der Waals surface area contributed by atoms with Crippen LogP contribution >= 0.6 is 0 Å². The van der Waals surface area contributed by atoms with E-state index in [-0.39, 0.29) is 30.6 Å². The maximum Gasteiger partial charge on any atom is 0.239 e. The Morgan fingerprint density at radius 3 is 2.71 bits per heavy atom. The van der Waals surface area contributed by atoms with E-state index in [1.165, 1.54) is 12.1 Å². The number of aryl methyl sites for hydroxylation is 2. The highest BCUT2D eigenvalue weighted by Gasteiger charge is 2.08. The van der Waals surface area contributed by atoms with Crippen LogP contribution in [-0.4, -0.2) is 34.5 Å². The van der Waals surface area contributed by atoms with E-state index in [9.17, 15) is 14.0 Å². The van der Waals surface area contributed by atoms with Crippen molar-refractivity contribution in [1.82, 2.24) is 20.2 Å². The lowest BCUT2D eigenvalue weighted by atomic mass is 10.1. The molecule has 28 heavy (non-hydrogen) atoms. The Bertz CT molecular complexity index is 983. The molecule has 3 aromatic rings. The summed E-state index contributed by atoms with van der Waals surface area (Å²) in [6.45, 7) is 3.12. The summed E-state index contributed by atoms with van der Waals surface area (Å²) in [5.74, 6) is -0.0119. The minimum Gasteiger partial charge on any atom is -0.355 e. The SMILES string of the molecule is Cc1nc2ccccc2n1CCCNC(=O)CNC(=O)Cc1cccc(F)c1. The van der Waals surface area contributed by atoms with E-state index in [4.69, 9.17) is 0 Å². The Kier molecular flexibility index (Phi) is 6.37. The highest BCUT2D eigenvalue weighted by atomic mass is 19.1. The first-order valence-corrected chi connectivity index (χ1v) is 9.22. The van der Waals surface area contributed by atoms with E-state index >= 15 is 0 Å². The molecule has 0 aliphatic rings. The van der Waals surface area contributed by atoms with Crippen LogP contribution in [0.2, 0.25) is 0 Å². The minimum atomic E-state index is -0.385. The third-order valence-electron chi connectivity index (χ3n) is 4.43. The van der Waals surface area contributed by atoms with E-state index in [2.05, 4.69) is 20.2 Å². The maximum absolute atomic E-state index is 13.1. The highest BCUT2D eigenvalue weighted by Crippen LogP contribution is 2.15. The van der Waals surface area contributed by atoms with Crippen LogP contribution < -0.4 is 10.6 Å². The van der Waals surface area contributed by atoms with Crippen LogP contribution in [0.15, 0.2) is 48.5 Å². The quantitative estimate of drug-likeness (QED) is 0.587. The summed E-state index contributed by atoms with van der Waals surface area (Å²) in [6.07, 6.45) is 0.794. The van der Waals surface area contributed by atoms with Gasteiger partial charge in [0.25, 0.3) is 0 Å². The predicted octanol–water partition coefficient (Wildman–Crippen LogP) is 2.35. The summed E-state index contributed by atoms with van der Waals surface area (Å²) < 4.78 is 15.2. The fourth-order valence-electron chi connectivity index (χ4n) is 3.08. The van der Waals surface area contributed by atoms with Gasteiger partial charge >= 0.3 is 0 Å². The Morgan fingerprint density at radius 1 is 1.07 bits per heavy atom. The number of aromatic nitrogens is 2. The van der Waals surface area contributed by atoms with Crippen molar-refractivity contribution in [3.05, 3.63) is 65.7 Å². The first kappa shape index (κ1) is 19.5. The number of hydrogen-bond acceptors (Lipinski definition) is 3. The molecule has 2 amide bonds. The van der Waals surface area contributed by atoms with Crippen LogP contribution in [0.4, 0.5) is 4.39 Å². The number of amides is 2. The zero-order valence-corrected chi connectivity index (χ0v) is 15.7. The van der Waals surface area contributed by atoms with E-state index in [0.717, 1.165) is 29.8 Å². The number of imidazole rings is 1. The molecule has 1 aromatic heterocycles. The average Bonchev–Trinajstić information content (AvgIpc) is 2.99. The molecule has 0 saturated carbocycles. The molecule has 2 aromatic carbocycles. The smallest absolute Gasteiger partial charge is 0.239 e. The molecule has 2 N–H and O–H groups in total. The lowest BCUT2D eigenvalue weighted by Crippen LogP contribution is -2.38. The molecular formula is C21H23FN4O2. The highest BCUT2D eigenvalue weighted by molar-refractivity contribution is 5.85. The number of nitrogens with one attached hydrogen (secondary N) is 2. The summed E-state index contributed by atoms with van der Waals surface area (Å²) in [7, 11) is 0. The zero-order chi connectivity index (χ0) is 19.9. The lowest BCUT2D eigenvalue weighted by Gasteiger charge is -2.09. The van der Waals surface area contributed by atoms with Crippen molar-refractivity contribution >= 4 is 22.8 Å². The molecule has 6 nitrogen and oxygen atoms in total. The van der Waals surface area contributed by atoms with Gasteiger partial charge in [0.1, 0.15) is 11.6 Å². The molecule has 0 spiro atoms. The van der Waals surface area contributed by atoms with E-state index < -0.39 is 0 Å². The maximum atomic E-state index is 13.1. The number of nitrogens with zero attached hydrogens (tertiary/aromatic N) is 2. The first-order chi connectivity index (χ1) is 13.5. The molecule has 1 heterocycles. The van der Waals surface area contributed by atoms with Crippen molar-refractivity contribution < 1.29 is 14.0 Å². The van der Waals surface area contributed by atoms with Crippen LogP contribution in [0.3, 0.4) is 0 Å². The zero-order valence-electron chi connectivity index (χ0n) is 15.7. The predicted molar refractivity (Wildman–Crippen MR) is 105 cm³/mol. The second-order valence-corrected chi connectivity index (χ2v) is 6.59. The largest absolute Gasteiger partial charge is 0.355 e. The van der Waals surface area contributed by atoms with Crippen molar-refractivity contribution in [3.8, 4) is 0 Å². The molecule has 0 fully saturated rings. The Morgan fingerprint density at radius 2 is 1.89 bits per heavy atom. The van der Waals surface area contributed by atoms with Gasteiger partial charge in [-0.25, -0.2) is 9.37 Å². The molecule has 0 aliphatic heterocycles. The van der Waals surface area contributed by atoms with Gasteiger partial charge in [-0.3, -0.25) is 9.59 Å². The first-order valence-electron chi connectivity index (χ1n) is 9.22. The van der Waals surface area contributed by atoms with Gasteiger partial charge in [-0.05, 0) is 43.2 Å². The fourth-order valence-corrected chi connectivity index (χ4v) is 3.08. The number of carbonyl (C=O) groups excluding carboxylic acids is 2. The third-order valence-corrected chi connectivity index (χ3v) is 4.43. The molecule has 7 heteroatoms. The number of hydrogen-bond donors (Lipinski definition) is 2. The van der Waals surface area contributed by atoms with Crippen molar-refractivity contribution in [2.24, 2.45) is 0 Å². The number of fused-ring (bicyclic) bond motifs is 1. The Hall–Kier alpha value is -3.22. The van der Waals surface area contributed by atoms with Crippen molar-refractivity contribution in [3.63, 3.8) is 0 Å². The molecular weight excluding hydrogens is 359 g/mol. The summed E-state index contributed by atoms with van der Waals surface area (Å²) in [4.78, 5) is 28.3. The summed E-state index contributed by atoms with van der Waals surface area (Å²) in [6, 6.07) is 13.8. The van der Waals surface area contributed by atoms with Crippen LogP contribution in [0.25, 0.3) is 11.0 Å². The molecule has 0 saturated heterocycles. The van der Waals surface area contributed by atoms with Crippen LogP contribution in [0.5, 0.6) is 0 Å². The van der Waals surface area contributed by atoms with E-state index in [1.807, 2.05) is 31.2 Å². The number of para-hydroxylation sites is 2. The molecule has 0 radical (unpaired) electrons. The number of carbonyl (C=O) groups is 2. The molecule has 0 bridgehead atoms. The Labute approximate surface area is 162 Å². The summed E-state index contributed by atoms with van der Waals surface area (Å²) in [5.41, 5.74) is 2.61. The van der Waals surface area contributed by atoms with E-state index in [1.54, 1.807) is 12.1 Å². The Balaban J connectivity index is 1.37. The van der Waals surface area contributed by atoms with Gasteiger partial charge in [0.15, 0.2) is 0 Å². The number of benzene rings is 2. The van der Waals surface area contributed by atoms with Gasteiger partial charge in [-0.2, -0.15) is 0 Å². The van der Waals surface area contributed by atoms with Gasteiger partial charge in [0.05, 0.1) is 24.0 Å². The molecule has 0 unspecified atom stereocenters. The van der Waals surface area contributed by atoms with E-state index in [0.29, 0.717) is 12.1 Å². The van der Waals surface area contributed by atoms with Crippen molar-refractivity contribution in [1.29, 1.82) is 0 Å². The molecule has 0 aliphatic carbocycles. The van der Waals surface area contributed by atoms with Crippen LogP contribution in [0.1, 0.15) is 17.8 Å². The van der Waals surface area contributed by atoms with Crippen LogP contribution in [0, 0.1) is 12.7 Å². The van der Waals surface area contributed by atoms with Gasteiger partial charge in [-0.1, -0.05) is 24.3 Å². The normalized spacial score (nSPS) is 10.8. The van der Waals surface area contributed by atoms with Gasteiger partial charge < -0.3 is 15.2 Å². The number of halogens is 1. The standard InChI is InChI=1S/C21H23FN4O2/c1-15-25-18-8-2-3-9-19(18)26(15)11-5-10-23-21(28)14-24-20(27)13-16-6-4-7-17(22)12-16/h2-4,6-9,12H,5,10-11,13-14H2,1H3,(H,23,28)(H,24,27). The second-order valence-electron chi connectivity index (χ2n) is 6.59. The van der Waals surface area contributed by atoms with Crippen molar-refractivity contribution in [2.75, 3.05) is 13.1 Å². The number of rotatable bonds is 8. The van der Waals surface area contributed by atoms with Gasteiger partial charge in [0, 0.05) is 13.1 Å². The van der Waals surface area contributed by atoms with Crippen molar-refractivity contribution in [2.45, 2.75) is 26.3 Å². The fraction of sp³-hybridized carbons (Fsp3) is 0.286. The lowest BCUT2D eigenvalue weighted by molar-refractivity contribution is -0.125. The van der Waals surface area contributed by atoms with Crippen LogP contribution in [-0.2, 0) is 22.6 Å². The van der Waals surface area contributed by atoms with Gasteiger partial charge in [0.2, 0.25) is 11.8 Å². The monoisotopic (exact) mass is 382 g/mol.